The van der Waals surface area contributed by atoms with Gasteiger partial charge in [-0.15, -0.1) is 0 Å². The first-order chi connectivity index (χ1) is 9.33. The first-order valence-electron chi connectivity index (χ1n) is 6.82. The van der Waals surface area contributed by atoms with E-state index >= 15 is 0 Å². The van der Waals surface area contributed by atoms with Crippen LogP contribution in [0.3, 0.4) is 0 Å². The topological polar surface area (TPSA) is 50.7 Å². The molecule has 1 saturated heterocycles. The van der Waals surface area contributed by atoms with Gasteiger partial charge in [0.25, 0.3) is 0 Å². The van der Waals surface area contributed by atoms with E-state index in [9.17, 15) is 0 Å². The van der Waals surface area contributed by atoms with E-state index in [-0.39, 0.29) is 0 Å². The van der Waals surface area contributed by atoms with Crippen LogP contribution in [0.1, 0.15) is 36.8 Å². The van der Waals surface area contributed by atoms with Crippen LogP contribution >= 0.6 is 0 Å². The molecule has 0 bridgehead atoms. The highest BCUT2D eigenvalue weighted by atomic mass is 15.0. The second-order valence-corrected chi connectivity index (χ2v) is 5.00. The summed E-state index contributed by atoms with van der Waals surface area (Å²) >= 11 is 0. The quantitative estimate of drug-likeness (QED) is 0.895. The molecule has 1 unspecified atom stereocenters. The van der Waals surface area contributed by atoms with Gasteiger partial charge in [0, 0.05) is 23.7 Å². The first-order valence-corrected chi connectivity index (χ1v) is 6.82. The van der Waals surface area contributed by atoms with Crippen LogP contribution in [-0.2, 0) is 0 Å². The molecule has 0 saturated carbocycles. The summed E-state index contributed by atoms with van der Waals surface area (Å²) in [7, 11) is 0. The second kappa shape index (κ2) is 5.45. The average Bonchev–Trinajstić information content (AvgIpc) is 2.48. The lowest BCUT2D eigenvalue weighted by atomic mass is 10.0. The van der Waals surface area contributed by atoms with Crippen LogP contribution in [0, 0.1) is 6.92 Å². The Bertz CT molecular complexity index is 547. The lowest BCUT2D eigenvalue weighted by Crippen LogP contribution is -2.28. The summed E-state index contributed by atoms with van der Waals surface area (Å²) in [6, 6.07) is 6.28. The SMILES string of the molecule is Cc1cc(-c2cccnc2)nc(C2CCCCN2)n1. The minimum atomic E-state index is 0.295. The summed E-state index contributed by atoms with van der Waals surface area (Å²) in [6.07, 6.45) is 7.24. The van der Waals surface area contributed by atoms with Crippen molar-refractivity contribution in [3.05, 3.63) is 42.1 Å². The maximum absolute atomic E-state index is 4.71. The molecule has 0 radical (unpaired) electrons. The van der Waals surface area contributed by atoms with Crippen LogP contribution in [0.25, 0.3) is 11.3 Å². The van der Waals surface area contributed by atoms with Gasteiger partial charge in [-0.2, -0.15) is 0 Å². The maximum atomic E-state index is 4.71. The summed E-state index contributed by atoms with van der Waals surface area (Å²) in [4.78, 5) is 13.5. The van der Waals surface area contributed by atoms with E-state index in [1.54, 1.807) is 6.20 Å². The Labute approximate surface area is 113 Å². The molecule has 3 rings (SSSR count). The molecule has 0 aliphatic carbocycles. The number of aromatic nitrogens is 3. The van der Waals surface area contributed by atoms with Gasteiger partial charge in [-0.1, -0.05) is 6.42 Å². The van der Waals surface area contributed by atoms with Gasteiger partial charge in [-0.05, 0) is 44.5 Å². The van der Waals surface area contributed by atoms with Crippen molar-refractivity contribution in [1.82, 2.24) is 20.3 Å². The summed E-state index contributed by atoms with van der Waals surface area (Å²) in [5, 5.41) is 3.50. The Hall–Kier alpha value is -1.81. The van der Waals surface area contributed by atoms with Crippen LogP contribution in [0.4, 0.5) is 0 Å². The lowest BCUT2D eigenvalue weighted by molar-refractivity contribution is 0.397. The number of rotatable bonds is 2. The summed E-state index contributed by atoms with van der Waals surface area (Å²) < 4.78 is 0. The third-order valence-electron chi connectivity index (χ3n) is 3.45. The Balaban J connectivity index is 1.96. The number of nitrogens with zero attached hydrogens (tertiary/aromatic N) is 3. The van der Waals surface area contributed by atoms with Crippen LogP contribution in [0.2, 0.25) is 0 Å². The molecule has 3 heterocycles. The van der Waals surface area contributed by atoms with E-state index in [0.717, 1.165) is 35.7 Å². The molecule has 0 spiro atoms. The highest BCUT2D eigenvalue weighted by Crippen LogP contribution is 2.23. The Morgan fingerprint density at radius 1 is 1.26 bits per heavy atom. The van der Waals surface area contributed by atoms with E-state index in [1.165, 1.54) is 12.8 Å². The van der Waals surface area contributed by atoms with Gasteiger partial charge in [-0.3, -0.25) is 4.98 Å². The normalized spacial score (nSPS) is 19.3. The van der Waals surface area contributed by atoms with E-state index < -0.39 is 0 Å². The van der Waals surface area contributed by atoms with Crippen molar-refractivity contribution in [1.29, 1.82) is 0 Å². The molecule has 19 heavy (non-hydrogen) atoms. The van der Waals surface area contributed by atoms with Gasteiger partial charge in [0.2, 0.25) is 0 Å². The standard InChI is InChI=1S/C15H18N4/c1-11-9-14(12-5-4-7-16-10-12)19-15(18-11)13-6-2-3-8-17-13/h4-5,7,9-10,13,17H,2-3,6,8H2,1H3. The minimum absolute atomic E-state index is 0.295. The number of pyridine rings is 1. The fourth-order valence-corrected chi connectivity index (χ4v) is 2.48. The Morgan fingerprint density at radius 3 is 2.95 bits per heavy atom. The minimum Gasteiger partial charge on any atom is -0.307 e. The van der Waals surface area contributed by atoms with Crippen molar-refractivity contribution in [3.63, 3.8) is 0 Å². The number of hydrogen-bond acceptors (Lipinski definition) is 4. The molecule has 1 aliphatic rings. The second-order valence-electron chi connectivity index (χ2n) is 5.00. The predicted octanol–water partition coefficient (Wildman–Crippen LogP) is 2.66. The maximum Gasteiger partial charge on any atom is 0.146 e. The number of aryl methyl sites for hydroxylation is 1. The van der Waals surface area contributed by atoms with Crippen LogP contribution in [0.5, 0.6) is 0 Å². The summed E-state index contributed by atoms with van der Waals surface area (Å²) in [6.45, 7) is 3.08. The Morgan fingerprint density at radius 2 is 2.21 bits per heavy atom. The summed E-state index contributed by atoms with van der Waals surface area (Å²) in [5.41, 5.74) is 3.02. The molecule has 0 amide bonds. The molecule has 4 heteroatoms. The summed E-state index contributed by atoms with van der Waals surface area (Å²) in [5.74, 6) is 0.915. The fourth-order valence-electron chi connectivity index (χ4n) is 2.48. The van der Waals surface area contributed by atoms with E-state index in [1.807, 2.05) is 31.3 Å². The molecule has 98 valence electrons. The van der Waals surface area contributed by atoms with Gasteiger partial charge in [0.1, 0.15) is 5.82 Å². The van der Waals surface area contributed by atoms with Crippen LogP contribution in [-0.4, -0.2) is 21.5 Å². The molecule has 1 aliphatic heterocycles. The number of piperidine rings is 1. The largest absolute Gasteiger partial charge is 0.307 e. The van der Waals surface area contributed by atoms with Crippen molar-refractivity contribution in [2.45, 2.75) is 32.2 Å². The zero-order valence-electron chi connectivity index (χ0n) is 11.1. The van der Waals surface area contributed by atoms with Gasteiger partial charge >= 0.3 is 0 Å². The fraction of sp³-hybridized carbons (Fsp3) is 0.400. The molecular formula is C15H18N4. The van der Waals surface area contributed by atoms with Gasteiger partial charge < -0.3 is 5.32 Å². The first kappa shape index (κ1) is 12.2. The Kier molecular flexibility index (Phi) is 3.51. The van der Waals surface area contributed by atoms with Crippen LogP contribution < -0.4 is 5.32 Å². The lowest BCUT2D eigenvalue weighted by Gasteiger charge is -2.22. The molecule has 4 nitrogen and oxygen atoms in total. The third-order valence-corrected chi connectivity index (χ3v) is 3.45. The molecule has 2 aromatic rings. The van der Waals surface area contributed by atoms with E-state index in [4.69, 9.17) is 4.98 Å². The monoisotopic (exact) mass is 254 g/mol. The van der Waals surface area contributed by atoms with Crippen molar-refractivity contribution in [2.24, 2.45) is 0 Å². The molecule has 0 aromatic carbocycles. The smallest absolute Gasteiger partial charge is 0.146 e. The average molecular weight is 254 g/mol. The molecular weight excluding hydrogens is 236 g/mol. The predicted molar refractivity (Wildman–Crippen MR) is 74.6 cm³/mol. The van der Waals surface area contributed by atoms with Crippen molar-refractivity contribution >= 4 is 0 Å². The highest BCUT2D eigenvalue weighted by molar-refractivity contribution is 5.57. The molecule has 1 N–H and O–H groups in total. The van der Waals surface area contributed by atoms with Crippen molar-refractivity contribution < 1.29 is 0 Å². The number of hydrogen-bond donors (Lipinski definition) is 1. The molecule has 1 atom stereocenters. The van der Waals surface area contributed by atoms with Crippen molar-refractivity contribution in [2.75, 3.05) is 6.54 Å². The molecule has 2 aromatic heterocycles. The van der Waals surface area contributed by atoms with Gasteiger partial charge in [0.15, 0.2) is 0 Å². The van der Waals surface area contributed by atoms with Crippen LogP contribution in [0.15, 0.2) is 30.6 Å². The van der Waals surface area contributed by atoms with Gasteiger partial charge in [0.05, 0.1) is 11.7 Å². The van der Waals surface area contributed by atoms with Crippen molar-refractivity contribution in [3.8, 4) is 11.3 Å². The zero-order chi connectivity index (χ0) is 13.1. The molecule has 1 fully saturated rings. The van der Waals surface area contributed by atoms with E-state index in [0.29, 0.717) is 6.04 Å². The van der Waals surface area contributed by atoms with Gasteiger partial charge in [-0.25, -0.2) is 9.97 Å². The zero-order valence-corrected chi connectivity index (χ0v) is 11.1. The highest BCUT2D eigenvalue weighted by Gasteiger charge is 2.18. The number of nitrogens with one attached hydrogen (secondary N) is 1. The third kappa shape index (κ3) is 2.79. The van der Waals surface area contributed by atoms with E-state index in [2.05, 4.69) is 15.3 Å².